The Hall–Kier alpha value is -2.65. The van der Waals surface area contributed by atoms with E-state index in [9.17, 15) is 19.7 Å². The van der Waals surface area contributed by atoms with Gasteiger partial charge < -0.3 is 19.8 Å². The van der Waals surface area contributed by atoms with Crippen LogP contribution < -0.4 is 0 Å². The minimum absolute atomic E-state index is 0.00316. The highest BCUT2D eigenvalue weighted by Crippen LogP contribution is 2.28. The van der Waals surface area contributed by atoms with Crippen molar-refractivity contribution in [3.8, 4) is 0 Å². The molecular formula is C16H23N5O5. The first-order valence-corrected chi connectivity index (χ1v) is 8.72. The topological polar surface area (TPSA) is 111 Å². The summed E-state index contributed by atoms with van der Waals surface area (Å²) < 4.78 is 6.29. The number of amides is 2. The van der Waals surface area contributed by atoms with Gasteiger partial charge in [0.1, 0.15) is 13.7 Å². The highest BCUT2D eigenvalue weighted by atomic mass is 16.6. The molecule has 0 spiro atoms. The number of rotatable bonds is 4. The normalized spacial score (nSPS) is 21.4. The predicted molar refractivity (Wildman–Crippen MR) is 90.6 cm³/mol. The molecule has 1 unspecified atom stereocenters. The SMILES string of the molecule is CC(C)C1COC(=O)N1C1CCN(C(=O)c2cnn(C)c2[N+](=O)[O-])CC1. The number of aromatic nitrogens is 2. The Kier molecular flexibility index (Phi) is 4.84. The fourth-order valence-electron chi connectivity index (χ4n) is 3.70. The molecule has 1 aromatic rings. The molecule has 0 radical (unpaired) electrons. The molecule has 10 nitrogen and oxygen atoms in total. The highest BCUT2D eigenvalue weighted by Gasteiger charge is 2.41. The van der Waals surface area contributed by atoms with E-state index in [-0.39, 0.29) is 29.6 Å². The molecular weight excluding hydrogens is 342 g/mol. The van der Waals surface area contributed by atoms with Crippen molar-refractivity contribution < 1.29 is 19.2 Å². The summed E-state index contributed by atoms with van der Waals surface area (Å²) in [4.78, 5) is 38.7. The number of aryl methyl sites for hydroxylation is 1. The number of hydrogen-bond donors (Lipinski definition) is 0. The second kappa shape index (κ2) is 6.93. The van der Waals surface area contributed by atoms with Crippen LogP contribution in [0.4, 0.5) is 10.6 Å². The van der Waals surface area contributed by atoms with Gasteiger partial charge in [0.05, 0.1) is 12.2 Å². The Morgan fingerprint density at radius 2 is 2.04 bits per heavy atom. The molecule has 0 bridgehead atoms. The Morgan fingerprint density at radius 3 is 2.62 bits per heavy atom. The molecule has 2 amide bonds. The molecule has 2 aliphatic rings. The van der Waals surface area contributed by atoms with Crippen LogP contribution in [0, 0.1) is 16.0 Å². The van der Waals surface area contributed by atoms with E-state index < -0.39 is 10.8 Å². The lowest BCUT2D eigenvalue weighted by Gasteiger charge is -2.38. The number of carbonyl (C=O) groups is 2. The first-order chi connectivity index (χ1) is 12.3. The van der Waals surface area contributed by atoms with Crippen molar-refractivity contribution in [1.82, 2.24) is 19.6 Å². The Balaban J connectivity index is 1.68. The predicted octanol–water partition coefficient (Wildman–Crippen LogP) is 1.41. The van der Waals surface area contributed by atoms with Gasteiger partial charge in [0.15, 0.2) is 5.56 Å². The average Bonchev–Trinajstić information content (AvgIpc) is 3.17. The van der Waals surface area contributed by atoms with E-state index in [1.165, 1.54) is 13.2 Å². The van der Waals surface area contributed by atoms with E-state index in [4.69, 9.17) is 4.74 Å². The highest BCUT2D eigenvalue weighted by molar-refractivity contribution is 5.97. The van der Waals surface area contributed by atoms with Gasteiger partial charge in [-0.15, -0.1) is 4.68 Å². The van der Waals surface area contributed by atoms with Gasteiger partial charge in [-0.3, -0.25) is 9.69 Å². The lowest BCUT2D eigenvalue weighted by Crippen LogP contribution is -2.51. The van der Waals surface area contributed by atoms with Gasteiger partial charge in [0.25, 0.3) is 5.91 Å². The molecule has 3 heterocycles. The fourth-order valence-corrected chi connectivity index (χ4v) is 3.70. The minimum atomic E-state index is -0.597. The van der Waals surface area contributed by atoms with Gasteiger partial charge in [-0.25, -0.2) is 4.79 Å². The van der Waals surface area contributed by atoms with Crippen LogP contribution in [0.3, 0.4) is 0 Å². The van der Waals surface area contributed by atoms with Crippen molar-refractivity contribution in [2.24, 2.45) is 13.0 Å². The molecule has 10 heteroatoms. The lowest BCUT2D eigenvalue weighted by molar-refractivity contribution is -0.392. The largest absolute Gasteiger partial charge is 0.447 e. The van der Waals surface area contributed by atoms with E-state index in [0.29, 0.717) is 38.5 Å². The van der Waals surface area contributed by atoms with E-state index in [0.717, 1.165) is 4.68 Å². The Bertz CT molecular complexity index is 723. The molecule has 2 aliphatic heterocycles. The number of nitrogens with zero attached hydrogens (tertiary/aromatic N) is 5. The summed E-state index contributed by atoms with van der Waals surface area (Å²) in [6.45, 7) is 5.38. The van der Waals surface area contributed by atoms with Crippen molar-refractivity contribution in [3.05, 3.63) is 21.9 Å². The number of ether oxygens (including phenoxy) is 1. The van der Waals surface area contributed by atoms with Gasteiger partial charge in [0, 0.05) is 19.1 Å². The third-order valence-corrected chi connectivity index (χ3v) is 5.17. The van der Waals surface area contributed by atoms with Gasteiger partial charge in [-0.05, 0) is 23.7 Å². The lowest BCUT2D eigenvalue weighted by atomic mass is 9.97. The molecule has 0 aromatic carbocycles. The van der Waals surface area contributed by atoms with Crippen molar-refractivity contribution in [2.75, 3.05) is 19.7 Å². The molecule has 0 N–H and O–H groups in total. The number of hydrogen-bond acceptors (Lipinski definition) is 6. The van der Waals surface area contributed by atoms with Crippen LogP contribution in [0.15, 0.2) is 6.20 Å². The van der Waals surface area contributed by atoms with Crippen molar-refractivity contribution in [3.63, 3.8) is 0 Å². The summed E-state index contributed by atoms with van der Waals surface area (Å²) in [5.41, 5.74) is -0.00316. The van der Waals surface area contributed by atoms with E-state index in [1.54, 1.807) is 9.80 Å². The molecule has 3 rings (SSSR count). The van der Waals surface area contributed by atoms with Gasteiger partial charge >= 0.3 is 11.9 Å². The summed E-state index contributed by atoms with van der Waals surface area (Å²) in [5, 5.41) is 15.0. The molecule has 2 fully saturated rings. The van der Waals surface area contributed by atoms with Crippen LogP contribution in [0.25, 0.3) is 0 Å². The van der Waals surface area contributed by atoms with Crippen molar-refractivity contribution >= 4 is 17.8 Å². The Labute approximate surface area is 150 Å². The summed E-state index contributed by atoms with van der Waals surface area (Å²) in [6.07, 6.45) is 2.19. The molecule has 1 aromatic heterocycles. The van der Waals surface area contributed by atoms with Gasteiger partial charge in [0.2, 0.25) is 0 Å². The van der Waals surface area contributed by atoms with Crippen molar-refractivity contribution in [2.45, 2.75) is 38.8 Å². The molecule has 2 saturated heterocycles. The maximum Gasteiger partial charge on any atom is 0.410 e. The fraction of sp³-hybridized carbons (Fsp3) is 0.688. The van der Waals surface area contributed by atoms with Crippen LogP contribution in [0.1, 0.15) is 37.0 Å². The third kappa shape index (κ3) is 3.11. The number of likely N-dealkylation sites (tertiary alicyclic amines) is 1. The van der Waals surface area contributed by atoms with Crippen LogP contribution in [0.5, 0.6) is 0 Å². The smallest absolute Gasteiger partial charge is 0.410 e. The summed E-state index contributed by atoms with van der Waals surface area (Å²) in [7, 11) is 1.44. The zero-order chi connectivity index (χ0) is 19.0. The Morgan fingerprint density at radius 1 is 1.38 bits per heavy atom. The van der Waals surface area contributed by atoms with E-state index in [2.05, 4.69) is 18.9 Å². The second-order valence-corrected chi connectivity index (χ2v) is 7.08. The summed E-state index contributed by atoms with van der Waals surface area (Å²) >= 11 is 0. The van der Waals surface area contributed by atoms with E-state index >= 15 is 0 Å². The van der Waals surface area contributed by atoms with Gasteiger partial charge in [-0.1, -0.05) is 18.9 Å². The quantitative estimate of drug-likeness (QED) is 0.589. The standard InChI is InChI=1S/C16H23N5O5/c1-10(2)13-9-26-16(23)20(13)11-4-6-19(7-5-11)15(22)12-8-17-18(3)14(12)21(24)25/h8,10-11,13H,4-7,9H2,1-3H3. The summed E-state index contributed by atoms with van der Waals surface area (Å²) in [6, 6.07) is 0.0690. The zero-order valence-electron chi connectivity index (χ0n) is 15.1. The maximum atomic E-state index is 12.7. The second-order valence-electron chi connectivity index (χ2n) is 7.08. The van der Waals surface area contributed by atoms with Crippen LogP contribution >= 0.6 is 0 Å². The first-order valence-electron chi connectivity index (χ1n) is 8.72. The third-order valence-electron chi connectivity index (χ3n) is 5.17. The van der Waals surface area contributed by atoms with Crippen molar-refractivity contribution in [1.29, 1.82) is 0 Å². The maximum absolute atomic E-state index is 12.7. The summed E-state index contributed by atoms with van der Waals surface area (Å²) in [5.74, 6) is -0.410. The average molecular weight is 365 g/mol. The van der Waals surface area contributed by atoms with Gasteiger partial charge in [-0.2, -0.15) is 0 Å². The molecule has 26 heavy (non-hydrogen) atoms. The molecule has 142 valence electrons. The molecule has 0 saturated carbocycles. The molecule has 0 aliphatic carbocycles. The first kappa shape index (κ1) is 18.2. The van der Waals surface area contributed by atoms with Crippen LogP contribution in [0.2, 0.25) is 0 Å². The number of piperidine rings is 1. The monoisotopic (exact) mass is 365 g/mol. The van der Waals surface area contributed by atoms with Crippen LogP contribution in [-0.4, -0.2) is 68.3 Å². The number of carbonyl (C=O) groups excluding carboxylic acids is 2. The minimum Gasteiger partial charge on any atom is -0.447 e. The van der Waals surface area contributed by atoms with E-state index in [1.807, 2.05) is 0 Å². The molecule has 1 atom stereocenters. The van der Waals surface area contributed by atoms with Crippen LogP contribution in [-0.2, 0) is 11.8 Å². The number of nitro groups is 1. The number of cyclic esters (lactones) is 1. The zero-order valence-corrected chi connectivity index (χ0v) is 15.1.